The molecule has 2 bridgehead atoms. The van der Waals surface area contributed by atoms with Crippen LogP contribution >= 0.6 is 23.4 Å². The molecule has 2 aromatic rings. The number of halogens is 1. The average Bonchev–Trinajstić information content (AvgIpc) is 2.73. The van der Waals surface area contributed by atoms with Gasteiger partial charge < -0.3 is 9.88 Å². The lowest BCUT2D eigenvalue weighted by Crippen LogP contribution is -2.40. The van der Waals surface area contributed by atoms with Crippen molar-refractivity contribution in [3.8, 4) is 0 Å². The van der Waals surface area contributed by atoms with Gasteiger partial charge in [-0.25, -0.2) is 0 Å². The van der Waals surface area contributed by atoms with Gasteiger partial charge in [0.1, 0.15) is 0 Å². The van der Waals surface area contributed by atoms with E-state index in [1.54, 1.807) is 6.07 Å². The number of hydrogen-bond donors (Lipinski definition) is 1. The number of rotatable bonds is 2. The highest BCUT2D eigenvalue weighted by Gasteiger charge is 2.38. The van der Waals surface area contributed by atoms with Gasteiger partial charge in [0.2, 0.25) is 5.56 Å². The fourth-order valence-electron chi connectivity index (χ4n) is 3.91. The Kier molecular flexibility index (Phi) is 3.71. The van der Waals surface area contributed by atoms with E-state index < -0.39 is 0 Å². The molecule has 3 atom stereocenters. The fourth-order valence-corrected chi connectivity index (χ4v) is 5.62. The predicted molar refractivity (Wildman–Crippen MR) is 93.0 cm³/mol. The SMILES string of the molecule is CN1[C@@H]2CC[C@H]1CC(Sc1ccc3[nH]c(=O)ccc3c1Cl)C2. The van der Waals surface area contributed by atoms with E-state index in [9.17, 15) is 4.79 Å². The van der Waals surface area contributed by atoms with E-state index in [1.807, 2.05) is 30.0 Å². The average molecular weight is 335 g/mol. The van der Waals surface area contributed by atoms with Gasteiger partial charge >= 0.3 is 0 Å². The third-order valence-corrected chi connectivity index (χ3v) is 6.98. The van der Waals surface area contributed by atoms with Crippen LogP contribution in [0.4, 0.5) is 0 Å². The summed E-state index contributed by atoms with van der Waals surface area (Å²) in [5, 5.41) is 2.35. The van der Waals surface area contributed by atoms with Crippen LogP contribution in [-0.4, -0.2) is 34.3 Å². The first-order chi connectivity index (χ1) is 10.6. The van der Waals surface area contributed by atoms with Crippen molar-refractivity contribution < 1.29 is 0 Å². The zero-order chi connectivity index (χ0) is 15.3. The summed E-state index contributed by atoms with van der Waals surface area (Å²) in [5.41, 5.74) is 0.723. The Morgan fingerprint density at radius 3 is 2.64 bits per heavy atom. The third kappa shape index (κ3) is 2.47. The second kappa shape index (κ2) is 5.59. The molecule has 2 fully saturated rings. The Balaban J connectivity index is 1.61. The first-order valence-corrected chi connectivity index (χ1v) is 9.08. The highest BCUT2D eigenvalue weighted by Crippen LogP contribution is 2.43. The van der Waals surface area contributed by atoms with Crippen LogP contribution in [0.3, 0.4) is 0 Å². The maximum absolute atomic E-state index is 11.4. The van der Waals surface area contributed by atoms with Gasteiger partial charge in [-0.05, 0) is 50.9 Å². The van der Waals surface area contributed by atoms with Crippen LogP contribution in [0.5, 0.6) is 0 Å². The van der Waals surface area contributed by atoms with Gasteiger partial charge in [0, 0.05) is 39.2 Å². The molecule has 0 saturated carbocycles. The number of benzene rings is 1. The van der Waals surface area contributed by atoms with Crippen molar-refractivity contribution in [2.45, 2.75) is 47.9 Å². The van der Waals surface area contributed by atoms with E-state index >= 15 is 0 Å². The Morgan fingerprint density at radius 1 is 1.18 bits per heavy atom. The summed E-state index contributed by atoms with van der Waals surface area (Å²) in [6.07, 6.45) is 5.17. The fraction of sp³-hybridized carbons (Fsp3) is 0.471. The van der Waals surface area contributed by atoms with Gasteiger partial charge in [-0.15, -0.1) is 11.8 Å². The number of nitrogens with zero attached hydrogens (tertiary/aromatic N) is 1. The second-order valence-electron chi connectivity index (χ2n) is 6.42. The van der Waals surface area contributed by atoms with E-state index in [2.05, 4.69) is 16.9 Å². The second-order valence-corrected chi connectivity index (χ2v) is 8.14. The Morgan fingerprint density at radius 2 is 1.91 bits per heavy atom. The Hall–Kier alpha value is -0.970. The van der Waals surface area contributed by atoms with Crippen LogP contribution in [0.2, 0.25) is 5.02 Å². The molecule has 2 aliphatic heterocycles. The van der Waals surface area contributed by atoms with Crippen molar-refractivity contribution in [2.75, 3.05) is 7.05 Å². The monoisotopic (exact) mass is 334 g/mol. The van der Waals surface area contributed by atoms with E-state index in [0.29, 0.717) is 5.25 Å². The number of fused-ring (bicyclic) bond motifs is 3. The molecule has 0 aliphatic carbocycles. The minimum absolute atomic E-state index is 0.0872. The molecule has 1 unspecified atom stereocenters. The van der Waals surface area contributed by atoms with Crippen LogP contribution < -0.4 is 5.56 Å². The number of hydrogen-bond acceptors (Lipinski definition) is 3. The molecule has 4 rings (SSSR count). The number of thioether (sulfide) groups is 1. The molecule has 0 radical (unpaired) electrons. The largest absolute Gasteiger partial charge is 0.322 e. The molecule has 2 aliphatic rings. The molecule has 3 heterocycles. The smallest absolute Gasteiger partial charge is 0.248 e. The van der Waals surface area contributed by atoms with Crippen LogP contribution in [0, 0.1) is 0 Å². The topological polar surface area (TPSA) is 36.1 Å². The van der Waals surface area contributed by atoms with Crippen molar-refractivity contribution in [3.05, 3.63) is 39.6 Å². The number of H-pyrrole nitrogens is 1. The predicted octanol–water partition coefficient (Wildman–Crippen LogP) is 3.90. The van der Waals surface area contributed by atoms with Gasteiger partial charge in [-0.1, -0.05) is 11.6 Å². The number of piperidine rings is 1. The van der Waals surface area contributed by atoms with E-state index in [1.165, 1.54) is 25.7 Å². The van der Waals surface area contributed by atoms with Crippen LogP contribution in [0.15, 0.2) is 34.0 Å². The van der Waals surface area contributed by atoms with Gasteiger partial charge in [-0.3, -0.25) is 4.79 Å². The highest BCUT2D eigenvalue weighted by atomic mass is 35.5. The summed E-state index contributed by atoms with van der Waals surface area (Å²) in [5.74, 6) is 0. The summed E-state index contributed by atoms with van der Waals surface area (Å²) in [6.45, 7) is 0. The first-order valence-electron chi connectivity index (χ1n) is 7.82. The number of pyridine rings is 1. The summed E-state index contributed by atoms with van der Waals surface area (Å²) >= 11 is 8.49. The molecule has 0 spiro atoms. The molecule has 1 aromatic heterocycles. The zero-order valence-corrected chi connectivity index (χ0v) is 14.1. The molecule has 116 valence electrons. The van der Waals surface area contributed by atoms with Crippen molar-refractivity contribution in [1.29, 1.82) is 0 Å². The normalized spacial score (nSPS) is 28.4. The summed E-state index contributed by atoms with van der Waals surface area (Å²) < 4.78 is 0. The molecule has 1 aromatic carbocycles. The molecule has 0 amide bonds. The number of nitrogens with one attached hydrogen (secondary N) is 1. The lowest BCUT2D eigenvalue weighted by molar-refractivity contribution is 0.183. The summed E-state index contributed by atoms with van der Waals surface area (Å²) in [6, 6.07) is 8.86. The molecule has 3 nitrogen and oxygen atoms in total. The number of aromatic nitrogens is 1. The molecule has 22 heavy (non-hydrogen) atoms. The van der Waals surface area contributed by atoms with Crippen LogP contribution in [-0.2, 0) is 0 Å². The van der Waals surface area contributed by atoms with E-state index in [0.717, 1.165) is 32.9 Å². The third-order valence-electron chi connectivity index (χ3n) is 5.15. The van der Waals surface area contributed by atoms with Crippen molar-refractivity contribution in [3.63, 3.8) is 0 Å². The summed E-state index contributed by atoms with van der Waals surface area (Å²) in [7, 11) is 2.27. The van der Waals surface area contributed by atoms with Gasteiger partial charge in [0.15, 0.2) is 0 Å². The van der Waals surface area contributed by atoms with Crippen molar-refractivity contribution in [1.82, 2.24) is 9.88 Å². The Bertz CT molecular complexity index is 761. The lowest BCUT2D eigenvalue weighted by Gasteiger charge is -2.36. The van der Waals surface area contributed by atoms with E-state index in [4.69, 9.17) is 11.6 Å². The minimum atomic E-state index is -0.0872. The molecule has 1 N–H and O–H groups in total. The molecule has 5 heteroatoms. The van der Waals surface area contributed by atoms with Crippen molar-refractivity contribution in [2.24, 2.45) is 0 Å². The van der Waals surface area contributed by atoms with Gasteiger partial charge in [0.05, 0.1) is 5.02 Å². The van der Waals surface area contributed by atoms with Gasteiger partial charge in [0.25, 0.3) is 0 Å². The zero-order valence-electron chi connectivity index (χ0n) is 12.5. The molecule has 2 saturated heterocycles. The lowest BCUT2D eigenvalue weighted by atomic mass is 10.0. The van der Waals surface area contributed by atoms with Crippen molar-refractivity contribution >= 4 is 34.3 Å². The molecular formula is C17H19ClN2OS. The minimum Gasteiger partial charge on any atom is -0.322 e. The maximum Gasteiger partial charge on any atom is 0.248 e. The van der Waals surface area contributed by atoms with E-state index in [-0.39, 0.29) is 5.56 Å². The highest BCUT2D eigenvalue weighted by molar-refractivity contribution is 8.00. The van der Waals surface area contributed by atoms with Gasteiger partial charge in [-0.2, -0.15) is 0 Å². The Labute approximate surface area is 139 Å². The maximum atomic E-state index is 11.4. The quantitative estimate of drug-likeness (QED) is 0.904. The standard InChI is InChI=1S/C17H19ClN2OS/c1-20-10-2-3-11(20)9-12(8-10)22-15-6-5-14-13(17(15)18)4-7-16(21)19-14/h4-7,10-12H,2-3,8-9H2,1H3,(H,19,21)/t10-,11+,12?. The first kappa shape index (κ1) is 14.6. The molecular weight excluding hydrogens is 316 g/mol. The summed E-state index contributed by atoms with van der Waals surface area (Å²) in [4.78, 5) is 17.9. The number of aromatic amines is 1. The van der Waals surface area contributed by atoms with Crippen LogP contribution in [0.25, 0.3) is 10.9 Å². The van der Waals surface area contributed by atoms with Crippen LogP contribution in [0.1, 0.15) is 25.7 Å².